The van der Waals surface area contributed by atoms with Gasteiger partial charge in [0.15, 0.2) is 10.8 Å². The summed E-state index contributed by atoms with van der Waals surface area (Å²) in [6, 6.07) is -2.94. The summed E-state index contributed by atoms with van der Waals surface area (Å²) >= 11 is 0.930. The van der Waals surface area contributed by atoms with Gasteiger partial charge in [-0.2, -0.15) is 23.4 Å². The number of nitrogens with zero attached hydrogens (tertiary/aromatic N) is 6. The van der Waals surface area contributed by atoms with Gasteiger partial charge in [0.1, 0.15) is 30.1 Å². The second kappa shape index (κ2) is 10.5. The van der Waals surface area contributed by atoms with Crippen molar-refractivity contribution in [2.75, 3.05) is 5.73 Å². The van der Waals surface area contributed by atoms with E-state index in [2.05, 4.69) is 30.4 Å². The van der Waals surface area contributed by atoms with E-state index in [0.717, 1.165) is 16.1 Å². The number of aromatic nitrogens is 4. The van der Waals surface area contributed by atoms with Gasteiger partial charge in [-0.15, -0.1) is 11.3 Å². The lowest BCUT2D eigenvalue weighted by molar-refractivity contribution is -0.161. The van der Waals surface area contributed by atoms with Gasteiger partial charge in [0.05, 0.1) is 12.7 Å². The molecule has 1 saturated heterocycles. The molecule has 21 heteroatoms. The third-order valence-electron chi connectivity index (χ3n) is 4.86. The first kappa shape index (κ1) is 28.2. The fourth-order valence-electron chi connectivity index (χ4n) is 2.95. The lowest BCUT2D eigenvalue weighted by atomic mass is 9.98. The Hall–Kier alpha value is -4.37. The molecule has 2 aromatic rings. The predicted molar refractivity (Wildman–Crippen MR) is 124 cm³/mol. The molecule has 0 aromatic carbocycles. The topological polar surface area (TPSA) is 285 Å². The van der Waals surface area contributed by atoms with Crippen LogP contribution in [-0.2, 0) is 47.4 Å². The number of carboxylic acid groups (broad SMARTS) is 1. The number of hydrogen-bond donors (Lipinski definition) is 5. The van der Waals surface area contributed by atoms with E-state index in [-0.39, 0.29) is 27.4 Å². The van der Waals surface area contributed by atoms with Crippen LogP contribution < -0.4 is 16.8 Å². The van der Waals surface area contributed by atoms with Crippen LogP contribution in [0.4, 0.5) is 9.93 Å². The van der Waals surface area contributed by atoms with E-state index in [1.807, 2.05) is 0 Å². The van der Waals surface area contributed by atoms with Gasteiger partial charge in [-0.3, -0.25) is 14.1 Å². The number of hydrogen-bond acceptors (Lipinski definition) is 14. The third kappa shape index (κ3) is 6.30. The molecular weight excluding hydrogens is 554 g/mol. The molecule has 1 aliphatic heterocycles. The number of aliphatic carboxylic acids is 1. The minimum absolute atomic E-state index is 0.0361. The summed E-state index contributed by atoms with van der Waals surface area (Å²) in [5.74, 6) is -3.69. The highest BCUT2D eigenvalue weighted by Crippen LogP contribution is 2.25. The van der Waals surface area contributed by atoms with Crippen molar-refractivity contribution in [3.8, 4) is 0 Å². The first-order valence-electron chi connectivity index (χ1n) is 10.2. The zero-order chi connectivity index (χ0) is 28.4. The number of nitrogens with two attached hydrogens (primary N) is 2. The van der Waals surface area contributed by atoms with Crippen molar-refractivity contribution in [1.82, 2.24) is 29.6 Å². The molecule has 0 bridgehead atoms. The second-order valence-electron chi connectivity index (χ2n) is 8.05. The number of nitrogens with one attached hydrogen (secondary N) is 1. The Kier molecular flexibility index (Phi) is 7.83. The van der Waals surface area contributed by atoms with Crippen LogP contribution in [0.5, 0.6) is 0 Å². The number of carboxylic acids is 1. The average molecular weight is 576 g/mol. The molecule has 0 aliphatic carbocycles. The van der Waals surface area contributed by atoms with Gasteiger partial charge in [-0.1, -0.05) is 5.16 Å². The maximum absolute atomic E-state index is 13.1. The molecule has 2 unspecified atom stereocenters. The lowest BCUT2D eigenvalue weighted by Crippen LogP contribution is -2.73. The fourth-order valence-corrected chi connectivity index (χ4v) is 4.37. The number of thiazole rings is 1. The third-order valence-corrected chi connectivity index (χ3v) is 6.48. The molecule has 3 rings (SSSR count). The van der Waals surface area contributed by atoms with Crippen LogP contribution in [0.3, 0.4) is 0 Å². The number of anilines is 1. The first-order valence-corrected chi connectivity index (χ1v) is 12.5. The van der Waals surface area contributed by atoms with Crippen molar-refractivity contribution in [3.63, 3.8) is 0 Å². The number of carbonyl (C=O) groups excluding carboxylic acids is 3. The molecular formula is C17H21N9O10S2. The molecule has 2 atom stereocenters. The smallest absolute Gasteiger partial charge is 0.404 e. The number of primary amides is 1. The summed E-state index contributed by atoms with van der Waals surface area (Å²) in [5.41, 5.74) is 8.07. The van der Waals surface area contributed by atoms with E-state index < -0.39 is 64.1 Å². The Morgan fingerprint density at radius 3 is 2.58 bits per heavy atom. The van der Waals surface area contributed by atoms with E-state index in [9.17, 15) is 37.3 Å². The summed E-state index contributed by atoms with van der Waals surface area (Å²) in [6.07, 6.45) is 0.104. The van der Waals surface area contributed by atoms with Crippen LogP contribution in [0.1, 0.15) is 25.2 Å². The van der Waals surface area contributed by atoms with Gasteiger partial charge in [0.2, 0.25) is 5.60 Å². The minimum atomic E-state index is -5.05. The van der Waals surface area contributed by atoms with Crippen molar-refractivity contribution < 1.29 is 46.8 Å². The molecule has 3 amide bonds. The molecule has 0 saturated carbocycles. The van der Waals surface area contributed by atoms with E-state index in [1.54, 1.807) is 0 Å². The van der Waals surface area contributed by atoms with Crippen LogP contribution in [0.2, 0.25) is 0 Å². The van der Waals surface area contributed by atoms with Crippen molar-refractivity contribution in [3.05, 3.63) is 23.0 Å². The van der Waals surface area contributed by atoms with Crippen LogP contribution in [0.15, 0.2) is 16.7 Å². The number of rotatable bonds is 11. The van der Waals surface area contributed by atoms with Gasteiger partial charge in [-0.25, -0.2) is 18.9 Å². The Labute approximate surface area is 217 Å². The predicted octanol–water partition coefficient (Wildman–Crippen LogP) is -2.31. The normalized spacial score (nSPS) is 18.0. The SMILES string of the molecule is CC(C)(O/N=C(\C(=O)NC1C(=O)N(S(=O)(=O)O)C1Cn1ncc(COC(N)=O)n1)c1csc(N)n1)C(=O)O. The fraction of sp³-hybridized carbons (Fsp3) is 0.412. The van der Waals surface area contributed by atoms with E-state index >= 15 is 0 Å². The summed E-state index contributed by atoms with van der Waals surface area (Å²) < 4.78 is 37.7. The maximum Gasteiger partial charge on any atom is 0.404 e. The number of oxime groups is 1. The molecule has 1 fully saturated rings. The molecule has 0 radical (unpaired) electrons. The highest BCUT2D eigenvalue weighted by Gasteiger charge is 2.54. The Balaban J connectivity index is 1.85. The van der Waals surface area contributed by atoms with Gasteiger partial charge in [0, 0.05) is 5.38 Å². The molecule has 7 N–H and O–H groups in total. The Morgan fingerprint density at radius 2 is 2.03 bits per heavy atom. The molecule has 2 aromatic heterocycles. The zero-order valence-electron chi connectivity index (χ0n) is 19.5. The number of nitrogen functional groups attached to an aromatic ring is 1. The second-order valence-corrected chi connectivity index (χ2v) is 10.2. The van der Waals surface area contributed by atoms with Gasteiger partial charge in [-0.05, 0) is 13.8 Å². The molecule has 38 heavy (non-hydrogen) atoms. The number of amides is 3. The molecule has 3 heterocycles. The van der Waals surface area contributed by atoms with Crippen LogP contribution in [0.25, 0.3) is 0 Å². The van der Waals surface area contributed by atoms with Gasteiger partial charge in [0.25, 0.3) is 11.8 Å². The number of carbonyl (C=O) groups is 4. The van der Waals surface area contributed by atoms with E-state index in [4.69, 9.17) is 16.3 Å². The van der Waals surface area contributed by atoms with Crippen LogP contribution >= 0.6 is 11.3 Å². The number of ether oxygens (including phenoxy) is 1. The van der Waals surface area contributed by atoms with Crippen molar-refractivity contribution >= 4 is 56.4 Å². The van der Waals surface area contributed by atoms with Crippen LogP contribution in [0, 0.1) is 0 Å². The van der Waals surface area contributed by atoms with Crippen molar-refractivity contribution in [1.29, 1.82) is 0 Å². The monoisotopic (exact) mass is 575 g/mol. The molecule has 19 nitrogen and oxygen atoms in total. The lowest BCUT2D eigenvalue weighted by Gasteiger charge is -2.43. The molecule has 206 valence electrons. The Bertz CT molecular complexity index is 1400. The van der Waals surface area contributed by atoms with Crippen LogP contribution in [-0.4, -0.2) is 89.6 Å². The Morgan fingerprint density at radius 1 is 1.34 bits per heavy atom. The van der Waals surface area contributed by atoms with Crippen molar-refractivity contribution in [2.45, 2.75) is 44.7 Å². The highest BCUT2D eigenvalue weighted by atomic mass is 32.2. The summed E-state index contributed by atoms with van der Waals surface area (Å²) in [7, 11) is -5.05. The highest BCUT2D eigenvalue weighted by molar-refractivity contribution is 7.84. The van der Waals surface area contributed by atoms with Crippen molar-refractivity contribution in [2.24, 2.45) is 10.9 Å². The van der Waals surface area contributed by atoms with E-state index in [0.29, 0.717) is 0 Å². The largest absolute Gasteiger partial charge is 0.478 e. The van der Waals surface area contributed by atoms with E-state index in [1.165, 1.54) is 25.4 Å². The summed E-state index contributed by atoms with van der Waals surface area (Å²) in [6.45, 7) is 1.55. The zero-order valence-corrected chi connectivity index (χ0v) is 21.2. The minimum Gasteiger partial charge on any atom is -0.478 e. The molecule has 1 aliphatic rings. The first-order chi connectivity index (χ1) is 17.6. The number of β-lactam (4-membered cyclic amide) rings is 1. The quantitative estimate of drug-likeness (QED) is 0.0815. The molecule has 0 spiro atoms. The standard InChI is InChI=1S/C17H21N9O10S2/c1-17(2,14(29)30)36-24-10(8-6-37-15(18)21-8)12(27)22-11-9(26(13(11)28)38(32,33)34)4-25-20-3-7(23-25)5-35-16(19)31/h3,6,9,11H,4-5H2,1-2H3,(H2,18,21)(H2,19,31)(H,22,27)(H,29,30)(H,32,33,34)/b24-10-. The average Bonchev–Trinajstić information content (AvgIpc) is 3.43. The summed E-state index contributed by atoms with van der Waals surface area (Å²) in [4.78, 5) is 57.5. The maximum atomic E-state index is 13.1. The summed E-state index contributed by atoms with van der Waals surface area (Å²) in [5, 5.41) is 24.2. The van der Waals surface area contributed by atoms with Gasteiger partial charge >= 0.3 is 22.4 Å². The van der Waals surface area contributed by atoms with Gasteiger partial charge < -0.3 is 31.5 Å².